The van der Waals surface area contributed by atoms with Crippen molar-refractivity contribution in [1.29, 1.82) is 0 Å². The van der Waals surface area contributed by atoms with Gasteiger partial charge in [0.1, 0.15) is 0 Å². The topological polar surface area (TPSA) is 66.4 Å². The predicted octanol–water partition coefficient (Wildman–Crippen LogP) is 2.32. The van der Waals surface area contributed by atoms with Crippen molar-refractivity contribution in [3.8, 4) is 0 Å². The van der Waals surface area contributed by atoms with Crippen LogP contribution in [-0.2, 0) is 16.1 Å². The van der Waals surface area contributed by atoms with E-state index in [1.807, 2.05) is 24.3 Å². The smallest absolute Gasteiger partial charge is 0.303 e. The molecule has 5 heteroatoms. The second-order valence-electron chi connectivity index (χ2n) is 3.65. The maximum absolute atomic E-state index is 11.4. The summed E-state index contributed by atoms with van der Waals surface area (Å²) in [6.07, 6.45) is 0.657. The van der Waals surface area contributed by atoms with E-state index < -0.39 is 5.97 Å². The lowest BCUT2D eigenvalue weighted by atomic mass is 10.2. The van der Waals surface area contributed by atoms with Crippen LogP contribution in [0.2, 0.25) is 0 Å². The van der Waals surface area contributed by atoms with Crippen LogP contribution in [0.4, 0.5) is 0 Å². The Morgan fingerprint density at radius 1 is 1.29 bits per heavy atom. The molecule has 0 aliphatic rings. The molecular weight excluding hydrogens is 286 g/mol. The van der Waals surface area contributed by atoms with Crippen molar-refractivity contribution < 1.29 is 14.7 Å². The van der Waals surface area contributed by atoms with E-state index >= 15 is 0 Å². The second-order valence-corrected chi connectivity index (χ2v) is 4.57. The van der Waals surface area contributed by atoms with Gasteiger partial charge in [-0.25, -0.2) is 0 Å². The van der Waals surface area contributed by atoms with Gasteiger partial charge in [0.05, 0.1) is 0 Å². The van der Waals surface area contributed by atoms with Gasteiger partial charge in [0.25, 0.3) is 0 Å². The fourth-order valence-electron chi connectivity index (χ4n) is 1.34. The van der Waals surface area contributed by atoms with E-state index in [9.17, 15) is 9.59 Å². The van der Waals surface area contributed by atoms with Crippen LogP contribution in [0, 0.1) is 0 Å². The summed E-state index contributed by atoms with van der Waals surface area (Å²) in [7, 11) is 0. The molecule has 4 nitrogen and oxygen atoms in total. The lowest BCUT2D eigenvalue weighted by Crippen LogP contribution is -2.22. The monoisotopic (exact) mass is 299 g/mol. The fraction of sp³-hybridized carbons (Fsp3) is 0.333. The molecule has 0 unspecified atom stereocenters. The van der Waals surface area contributed by atoms with Crippen LogP contribution in [0.25, 0.3) is 0 Å². The summed E-state index contributed by atoms with van der Waals surface area (Å²) in [5.41, 5.74) is 1.01. The lowest BCUT2D eigenvalue weighted by Gasteiger charge is -2.05. The van der Waals surface area contributed by atoms with Gasteiger partial charge in [0, 0.05) is 23.9 Å². The molecule has 1 amide bonds. The molecule has 1 aromatic rings. The molecule has 0 aliphatic carbocycles. The highest BCUT2D eigenvalue weighted by molar-refractivity contribution is 9.10. The highest BCUT2D eigenvalue weighted by Crippen LogP contribution is 2.11. The third kappa shape index (κ3) is 6.06. The third-order valence-electron chi connectivity index (χ3n) is 2.17. The van der Waals surface area contributed by atoms with Gasteiger partial charge < -0.3 is 10.4 Å². The van der Waals surface area contributed by atoms with Crippen molar-refractivity contribution in [1.82, 2.24) is 5.32 Å². The van der Waals surface area contributed by atoms with Crippen LogP contribution >= 0.6 is 15.9 Å². The first-order valence-electron chi connectivity index (χ1n) is 5.31. The summed E-state index contributed by atoms with van der Waals surface area (Å²) in [5, 5.41) is 11.2. The number of carboxylic acids is 1. The molecule has 0 aliphatic heterocycles. The van der Waals surface area contributed by atoms with Crippen LogP contribution in [0.3, 0.4) is 0 Å². The van der Waals surface area contributed by atoms with E-state index in [4.69, 9.17) is 5.11 Å². The van der Waals surface area contributed by atoms with E-state index in [1.165, 1.54) is 0 Å². The summed E-state index contributed by atoms with van der Waals surface area (Å²) >= 11 is 3.35. The molecule has 0 atom stereocenters. The number of halogens is 1. The van der Waals surface area contributed by atoms with Crippen molar-refractivity contribution in [2.24, 2.45) is 0 Å². The molecule has 0 aromatic heterocycles. The fourth-order valence-corrected chi connectivity index (χ4v) is 1.78. The van der Waals surface area contributed by atoms with Crippen LogP contribution in [0.5, 0.6) is 0 Å². The maximum atomic E-state index is 11.4. The van der Waals surface area contributed by atoms with Gasteiger partial charge in [0.2, 0.25) is 5.91 Å². The van der Waals surface area contributed by atoms with Crippen LogP contribution in [0.1, 0.15) is 24.8 Å². The number of hydrogen-bond acceptors (Lipinski definition) is 2. The molecule has 2 N–H and O–H groups in total. The molecule has 0 saturated heterocycles. The van der Waals surface area contributed by atoms with Crippen molar-refractivity contribution in [3.05, 3.63) is 34.3 Å². The Bertz CT molecular complexity index is 406. The first-order valence-corrected chi connectivity index (χ1v) is 6.10. The molecule has 0 fully saturated rings. The zero-order valence-corrected chi connectivity index (χ0v) is 10.9. The van der Waals surface area contributed by atoms with Gasteiger partial charge >= 0.3 is 5.97 Å². The normalized spacial score (nSPS) is 9.94. The van der Waals surface area contributed by atoms with E-state index in [2.05, 4.69) is 21.2 Å². The SMILES string of the molecule is O=C(O)CCCC(=O)NCc1cccc(Br)c1. The van der Waals surface area contributed by atoms with Crippen molar-refractivity contribution in [2.75, 3.05) is 0 Å². The Labute approximate surface area is 108 Å². The Morgan fingerprint density at radius 2 is 2.06 bits per heavy atom. The van der Waals surface area contributed by atoms with Gasteiger partial charge in [-0.1, -0.05) is 28.1 Å². The average Bonchev–Trinajstić information content (AvgIpc) is 2.26. The second kappa shape index (κ2) is 7.06. The standard InChI is InChI=1S/C12H14BrNO3/c13-10-4-1-3-9(7-10)8-14-11(15)5-2-6-12(16)17/h1,3-4,7H,2,5-6,8H2,(H,14,15)(H,16,17). The van der Waals surface area contributed by atoms with Gasteiger partial charge in [-0.3, -0.25) is 9.59 Å². The zero-order valence-electron chi connectivity index (χ0n) is 9.28. The molecular formula is C12H14BrNO3. The molecule has 1 aromatic carbocycles. The van der Waals surface area contributed by atoms with Crippen molar-refractivity contribution in [2.45, 2.75) is 25.8 Å². The Kier molecular flexibility index (Phi) is 5.69. The minimum absolute atomic E-state index is 0.0320. The van der Waals surface area contributed by atoms with Gasteiger partial charge in [-0.15, -0.1) is 0 Å². The van der Waals surface area contributed by atoms with E-state index in [1.54, 1.807) is 0 Å². The number of amides is 1. The molecule has 0 saturated carbocycles. The number of carbonyl (C=O) groups excluding carboxylic acids is 1. The molecule has 1 rings (SSSR count). The van der Waals surface area contributed by atoms with E-state index in [0.717, 1.165) is 10.0 Å². The Balaban J connectivity index is 2.26. The summed E-state index contributed by atoms with van der Waals surface area (Å²) in [6, 6.07) is 7.66. The number of benzene rings is 1. The van der Waals surface area contributed by atoms with Crippen LogP contribution in [-0.4, -0.2) is 17.0 Å². The minimum atomic E-state index is -0.871. The minimum Gasteiger partial charge on any atom is -0.481 e. The number of rotatable bonds is 6. The third-order valence-corrected chi connectivity index (χ3v) is 2.67. The van der Waals surface area contributed by atoms with Gasteiger partial charge in [-0.2, -0.15) is 0 Å². The van der Waals surface area contributed by atoms with Gasteiger partial charge in [-0.05, 0) is 24.1 Å². The maximum Gasteiger partial charge on any atom is 0.303 e. The summed E-state index contributed by atoms with van der Waals surface area (Å²) < 4.78 is 0.968. The largest absolute Gasteiger partial charge is 0.481 e. The lowest BCUT2D eigenvalue weighted by molar-refractivity contribution is -0.137. The summed E-state index contributed by atoms with van der Waals surface area (Å²) in [4.78, 5) is 21.6. The van der Waals surface area contributed by atoms with E-state index in [-0.39, 0.29) is 18.7 Å². The van der Waals surface area contributed by atoms with Crippen molar-refractivity contribution in [3.63, 3.8) is 0 Å². The van der Waals surface area contributed by atoms with Crippen LogP contribution in [0.15, 0.2) is 28.7 Å². The summed E-state index contributed by atoms with van der Waals surface area (Å²) in [5.74, 6) is -0.990. The highest BCUT2D eigenvalue weighted by atomic mass is 79.9. The van der Waals surface area contributed by atoms with E-state index in [0.29, 0.717) is 13.0 Å². The number of carbonyl (C=O) groups is 2. The average molecular weight is 300 g/mol. The summed E-state index contributed by atoms with van der Waals surface area (Å²) in [6.45, 7) is 0.464. The molecule has 17 heavy (non-hydrogen) atoms. The molecule has 0 heterocycles. The number of nitrogens with one attached hydrogen (secondary N) is 1. The Morgan fingerprint density at radius 3 is 2.71 bits per heavy atom. The predicted molar refractivity (Wildman–Crippen MR) is 67.5 cm³/mol. The number of carboxylic acid groups (broad SMARTS) is 1. The molecule has 92 valence electrons. The van der Waals surface area contributed by atoms with Crippen LogP contribution < -0.4 is 5.32 Å². The molecule has 0 spiro atoms. The molecule has 0 bridgehead atoms. The van der Waals surface area contributed by atoms with Gasteiger partial charge in [0.15, 0.2) is 0 Å². The number of aliphatic carboxylic acids is 1. The number of hydrogen-bond donors (Lipinski definition) is 2. The molecule has 0 radical (unpaired) electrons. The first-order chi connectivity index (χ1) is 8.08. The first kappa shape index (κ1) is 13.7. The zero-order chi connectivity index (χ0) is 12.7. The quantitative estimate of drug-likeness (QED) is 0.847. The Hall–Kier alpha value is -1.36. The highest BCUT2D eigenvalue weighted by Gasteiger charge is 2.03. The van der Waals surface area contributed by atoms with Crippen molar-refractivity contribution >= 4 is 27.8 Å².